The minimum absolute atomic E-state index is 0.663. The van der Waals surface area contributed by atoms with Crippen LogP contribution in [0.15, 0.2) is 36.7 Å². The summed E-state index contributed by atoms with van der Waals surface area (Å²) in [4.78, 5) is 17.6. The molecule has 2 fully saturated rings. The van der Waals surface area contributed by atoms with Crippen LogP contribution < -0.4 is 4.90 Å². The summed E-state index contributed by atoms with van der Waals surface area (Å²) in [7, 11) is 2.18. The number of rotatable bonds is 3. The number of nitrogens with zero attached hydrogens (tertiary/aromatic N) is 4. The van der Waals surface area contributed by atoms with Crippen molar-refractivity contribution in [2.45, 2.75) is 25.2 Å². The van der Waals surface area contributed by atoms with Crippen LogP contribution in [-0.4, -0.2) is 53.1 Å². The number of aromatic nitrogens is 3. The third-order valence-electron chi connectivity index (χ3n) is 5.97. The number of anilines is 1. The molecule has 3 aromatic heterocycles. The van der Waals surface area contributed by atoms with Crippen molar-refractivity contribution in [1.29, 1.82) is 0 Å². The molecular formula is C21H25N5. The van der Waals surface area contributed by atoms with Gasteiger partial charge in [0.15, 0.2) is 0 Å². The summed E-state index contributed by atoms with van der Waals surface area (Å²) in [5, 5.41) is 1.20. The number of nitrogens with one attached hydrogen (secondary N) is 1. The van der Waals surface area contributed by atoms with Crippen molar-refractivity contribution in [2.75, 3.05) is 38.1 Å². The van der Waals surface area contributed by atoms with Gasteiger partial charge >= 0.3 is 0 Å². The van der Waals surface area contributed by atoms with Crippen molar-refractivity contribution in [1.82, 2.24) is 19.9 Å². The SMILES string of the molecule is CN1CCN(c2cc(-c3c[nH]c4nc(C5CCC5)ccc34)ccn2)CC1. The van der Waals surface area contributed by atoms with Crippen LogP contribution in [0.1, 0.15) is 30.9 Å². The largest absolute Gasteiger partial charge is 0.354 e. The van der Waals surface area contributed by atoms with Crippen LogP contribution in [0.3, 0.4) is 0 Å². The van der Waals surface area contributed by atoms with E-state index in [9.17, 15) is 0 Å². The van der Waals surface area contributed by atoms with Crippen molar-refractivity contribution >= 4 is 16.9 Å². The average molecular weight is 347 g/mol. The van der Waals surface area contributed by atoms with E-state index in [2.05, 4.69) is 57.3 Å². The summed E-state index contributed by atoms with van der Waals surface area (Å²) in [6.07, 6.45) is 7.92. The molecule has 1 saturated heterocycles. The molecule has 5 rings (SSSR count). The van der Waals surface area contributed by atoms with Gasteiger partial charge in [0, 0.05) is 61.1 Å². The molecule has 0 spiro atoms. The maximum Gasteiger partial charge on any atom is 0.138 e. The Morgan fingerprint density at radius 1 is 1.08 bits per heavy atom. The lowest BCUT2D eigenvalue weighted by Crippen LogP contribution is -2.44. The van der Waals surface area contributed by atoms with Gasteiger partial charge in [-0.25, -0.2) is 9.97 Å². The monoisotopic (exact) mass is 347 g/mol. The molecule has 0 aromatic carbocycles. The highest BCUT2D eigenvalue weighted by Gasteiger charge is 2.22. The van der Waals surface area contributed by atoms with Crippen LogP contribution in [0.4, 0.5) is 5.82 Å². The summed E-state index contributed by atoms with van der Waals surface area (Å²) < 4.78 is 0. The maximum atomic E-state index is 4.88. The molecule has 2 aliphatic rings. The first-order valence-electron chi connectivity index (χ1n) is 9.66. The fourth-order valence-corrected chi connectivity index (χ4v) is 3.98. The van der Waals surface area contributed by atoms with Gasteiger partial charge < -0.3 is 14.8 Å². The predicted octanol–water partition coefficient (Wildman–Crippen LogP) is 3.64. The first kappa shape index (κ1) is 15.8. The smallest absolute Gasteiger partial charge is 0.138 e. The average Bonchev–Trinajstić information content (AvgIpc) is 3.04. The highest BCUT2D eigenvalue weighted by Crippen LogP contribution is 2.37. The molecule has 5 nitrogen and oxygen atoms in total. The molecule has 5 heteroatoms. The Kier molecular flexibility index (Phi) is 3.89. The molecule has 0 radical (unpaired) electrons. The number of pyridine rings is 2. The van der Waals surface area contributed by atoms with Crippen LogP contribution in [0.25, 0.3) is 22.2 Å². The Labute approximate surface area is 154 Å². The molecule has 0 amide bonds. The quantitative estimate of drug-likeness (QED) is 0.786. The molecule has 26 heavy (non-hydrogen) atoms. The van der Waals surface area contributed by atoms with E-state index in [1.165, 1.54) is 41.5 Å². The van der Waals surface area contributed by atoms with Gasteiger partial charge in [0.2, 0.25) is 0 Å². The molecule has 1 aliphatic carbocycles. The van der Waals surface area contributed by atoms with Gasteiger partial charge in [0.05, 0.1) is 0 Å². The lowest BCUT2D eigenvalue weighted by molar-refractivity contribution is 0.312. The van der Waals surface area contributed by atoms with Gasteiger partial charge in [0.25, 0.3) is 0 Å². The van der Waals surface area contributed by atoms with Crippen molar-refractivity contribution in [3.05, 3.63) is 42.4 Å². The van der Waals surface area contributed by atoms with Crippen LogP contribution in [0.2, 0.25) is 0 Å². The second-order valence-electron chi connectivity index (χ2n) is 7.66. The number of H-pyrrole nitrogens is 1. The van der Waals surface area contributed by atoms with Crippen LogP contribution in [0, 0.1) is 0 Å². The molecule has 3 aromatic rings. The number of fused-ring (bicyclic) bond motifs is 1. The Balaban J connectivity index is 1.46. The van der Waals surface area contributed by atoms with Crippen LogP contribution >= 0.6 is 0 Å². The Hall–Kier alpha value is -2.40. The fraction of sp³-hybridized carbons (Fsp3) is 0.429. The van der Waals surface area contributed by atoms with Crippen molar-refractivity contribution in [3.63, 3.8) is 0 Å². The number of hydrogen-bond donors (Lipinski definition) is 1. The molecule has 4 heterocycles. The first-order chi connectivity index (χ1) is 12.8. The molecule has 134 valence electrons. The fourth-order valence-electron chi connectivity index (χ4n) is 3.98. The van der Waals surface area contributed by atoms with Crippen molar-refractivity contribution < 1.29 is 0 Å². The number of hydrogen-bond acceptors (Lipinski definition) is 4. The normalized spacial score (nSPS) is 19.0. The van der Waals surface area contributed by atoms with Crippen molar-refractivity contribution in [3.8, 4) is 11.1 Å². The summed E-state index contributed by atoms with van der Waals surface area (Å²) >= 11 is 0. The second-order valence-corrected chi connectivity index (χ2v) is 7.66. The minimum Gasteiger partial charge on any atom is -0.354 e. The van der Waals surface area contributed by atoms with Crippen molar-refractivity contribution in [2.24, 2.45) is 0 Å². The summed E-state index contributed by atoms with van der Waals surface area (Å²) in [5.74, 6) is 1.74. The van der Waals surface area contributed by atoms with E-state index in [-0.39, 0.29) is 0 Å². The van der Waals surface area contributed by atoms with Gasteiger partial charge in [-0.2, -0.15) is 0 Å². The Morgan fingerprint density at radius 2 is 1.92 bits per heavy atom. The number of piperazine rings is 1. The highest BCUT2D eigenvalue weighted by atomic mass is 15.3. The van der Waals surface area contributed by atoms with E-state index < -0.39 is 0 Å². The molecule has 0 bridgehead atoms. The highest BCUT2D eigenvalue weighted by molar-refractivity contribution is 5.94. The third kappa shape index (κ3) is 2.76. The lowest BCUT2D eigenvalue weighted by atomic mass is 9.82. The van der Waals surface area contributed by atoms with E-state index >= 15 is 0 Å². The molecule has 0 unspecified atom stereocenters. The summed E-state index contributed by atoms with van der Waals surface area (Å²) in [6.45, 7) is 4.25. The third-order valence-corrected chi connectivity index (χ3v) is 5.97. The van der Waals surface area contributed by atoms with E-state index in [4.69, 9.17) is 4.98 Å². The van der Waals surface area contributed by atoms with Gasteiger partial charge in [-0.1, -0.05) is 6.42 Å². The number of likely N-dealkylation sites (N-methyl/N-ethyl adjacent to an activating group) is 1. The van der Waals surface area contributed by atoms with E-state index in [1.807, 2.05) is 6.20 Å². The predicted molar refractivity (Wildman–Crippen MR) is 106 cm³/mol. The molecule has 1 N–H and O–H groups in total. The maximum absolute atomic E-state index is 4.88. The van der Waals surface area contributed by atoms with E-state index in [1.54, 1.807) is 0 Å². The van der Waals surface area contributed by atoms with E-state index in [0.717, 1.165) is 37.6 Å². The van der Waals surface area contributed by atoms with Crippen LogP contribution in [0.5, 0.6) is 0 Å². The second kappa shape index (κ2) is 6.40. The topological polar surface area (TPSA) is 48.0 Å². The standard InChI is InChI=1S/C21H25N5/c1-25-9-11-26(12-10-25)20-13-16(7-8-22-20)18-14-23-21-17(18)5-6-19(24-21)15-3-2-4-15/h5-8,13-15H,2-4,9-12H2,1H3,(H,23,24). The summed E-state index contributed by atoms with van der Waals surface area (Å²) in [6, 6.07) is 8.76. The van der Waals surface area contributed by atoms with Gasteiger partial charge in [-0.15, -0.1) is 0 Å². The zero-order valence-corrected chi connectivity index (χ0v) is 15.3. The molecular weight excluding hydrogens is 322 g/mol. The Bertz CT molecular complexity index is 919. The zero-order chi connectivity index (χ0) is 17.5. The van der Waals surface area contributed by atoms with E-state index in [0.29, 0.717) is 5.92 Å². The molecule has 0 atom stereocenters. The summed E-state index contributed by atoms with van der Waals surface area (Å²) in [5.41, 5.74) is 4.66. The number of aromatic amines is 1. The minimum atomic E-state index is 0.663. The molecule has 1 saturated carbocycles. The zero-order valence-electron chi connectivity index (χ0n) is 15.3. The molecule has 1 aliphatic heterocycles. The lowest BCUT2D eigenvalue weighted by Gasteiger charge is -2.33. The first-order valence-corrected chi connectivity index (χ1v) is 9.66. The van der Waals surface area contributed by atoms with Gasteiger partial charge in [-0.05, 0) is 49.7 Å². The van der Waals surface area contributed by atoms with Gasteiger partial charge in [-0.3, -0.25) is 0 Å². The van der Waals surface area contributed by atoms with Crippen LogP contribution in [-0.2, 0) is 0 Å². The Morgan fingerprint density at radius 3 is 2.69 bits per heavy atom. The van der Waals surface area contributed by atoms with Gasteiger partial charge in [0.1, 0.15) is 11.5 Å².